The van der Waals surface area contributed by atoms with Crippen LogP contribution in [0, 0.1) is 5.41 Å². The van der Waals surface area contributed by atoms with Crippen molar-refractivity contribution < 1.29 is 4.21 Å². The van der Waals surface area contributed by atoms with Gasteiger partial charge in [-0.15, -0.1) is 11.8 Å². The fraction of sp³-hybridized carbons (Fsp3) is 0.857. The minimum atomic E-state index is 0.0487. The Kier molecular flexibility index (Phi) is 4.29. The summed E-state index contributed by atoms with van der Waals surface area (Å²) in [5.41, 5.74) is 0.0487. The molecule has 1 nitrogen and oxygen atoms in total. The summed E-state index contributed by atoms with van der Waals surface area (Å²) < 4.78 is 11.5. The molecule has 0 spiro atoms. The van der Waals surface area contributed by atoms with Crippen LogP contribution < -0.4 is 0 Å². The van der Waals surface area contributed by atoms with Crippen LogP contribution in [0.15, 0.2) is 0 Å². The second kappa shape index (κ2) is 4.19. The van der Waals surface area contributed by atoms with E-state index in [1.54, 1.807) is 11.8 Å². The van der Waals surface area contributed by atoms with Crippen molar-refractivity contribution in [2.24, 2.45) is 5.41 Å². The number of thioether (sulfide) groups is 1. The monoisotopic (exact) mass is 178 g/mol. The number of rotatable bonds is 1. The SMILES string of the molecule is CCSC(=S=O)C(C)(C)C. The van der Waals surface area contributed by atoms with Crippen LogP contribution in [0.5, 0.6) is 0 Å². The molecular weight excluding hydrogens is 164 g/mol. The van der Waals surface area contributed by atoms with Gasteiger partial charge in [0, 0.05) is 5.41 Å². The van der Waals surface area contributed by atoms with Gasteiger partial charge in [-0.1, -0.05) is 27.7 Å². The quantitative estimate of drug-likeness (QED) is 0.572. The highest BCUT2D eigenvalue weighted by Crippen LogP contribution is 2.22. The van der Waals surface area contributed by atoms with Crippen LogP contribution in [0.1, 0.15) is 27.7 Å². The van der Waals surface area contributed by atoms with Gasteiger partial charge < -0.3 is 0 Å². The maximum atomic E-state index is 10.5. The average molecular weight is 178 g/mol. The molecular formula is C7H14OS2. The van der Waals surface area contributed by atoms with E-state index in [4.69, 9.17) is 0 Å². The minimum Gasteiger partial charge on any atom is -0.212 e. The summed E-state index contributed by atoms with van der Waals surface area (Å²) in [5.74, 6) is 0.988. The Morgan fingerprint density at radius 1 is 1.40 bits per heavy atom. The topological polar surface area (TPSA) is 17.1 Å². The first-order valence-electron chi connectivity index (χ1n) is 3.32. The van der Waals surface area contributed by atoms with Crippen LogP contribution in [-0.4, -0.2) is 14.2 Å². The maximum Gasteiger partial charge on any atom is 0.0995 e. The van der Waals surface area contributed by atoms with Gasteiger partial charge in [0.25, 0.3) is 0 Å². The van der Waals surface area contributed by atoms with E-state index < -0.39 is 0 Å². The predicted molar refractivity (Wildman–Crippen MR) is 50.7 cm³/mol. The summed E-state index contributed by atoms with van der Waals surface area (Å²) in [6.45, 7) is 8.26. The maximum absolute atomic E-state index is 10.5. The van der Waals surface area contributed by atoms with Crippen molar-refractivity contribution in [3.8, 4) is 0 Å². The van der Waals surface area contributed by atoms with Crippen molar-refractivity contribution in [2.45, 2.75) is 27.7 Å². The first-order chi connectivity index (χ1) is 4.52. The lowest BCUT2D eigenvalue weighted by atomic mass is 10.0. The van der Waals surface area contributed by atoms with Crippen molar-refractivity contribution in [1.29, 1.82) is 0 Å². The molecule has 3 heteroatoms. The van der Waals surface area contributed by atoms with E-state index in [2.05, 4.69) is 27.7 Å². The van der Waals surface area contributed by atoms with Gasteiger partial charge in [-0.3, -0.25) is 0 Å². The van der Waals surface area contributed by atoms with Crippen molar-refractivity contribution in [2.75, 3.05) is 5.75 Å². The molecule has 0 aromatic rings. The predicted octanol–water partition coefficient (Wildman–Crippen LogP) is 2.13. The van der Waals surface area contributed by atoms with Gasteiger partial charge in [-0.2, -0.15) is 0 Å². The lowest BCUT2D eigenvalue weighted by Gasteiger charge is -2.17. The zero-order chi connectivity index (χ0) is 8.20. The zero-order valence-electron chi connectivity index (χ0n) is 6.93. The van der Waals surface area contributed by atoms with Crippen LogP contribution in [0.3, 0.4) is 0 Å². The molecule has 0 rings (SSSR count). The molecule has 0 aliphatic heterocycles. The molecule has 0 aromatic carbocycles. The molecule has 0 saturated heterocycles. The second-order valence-electron chi connectivity index (χ2n) is 3.05. The lowest BCUT2D eigenvalue weighted by Crippen LogP contribution is -2.16. The summed E-state index contributed by atoms with van der Waals surface area (Å²) in [6, 6.07) is 0. The highest BCUT2D eigenvalue weighted by atomic mass is 32.2. The van der Waals surface area contributed by atoms with E-state index in [0.29, 0.717) is 11.3 Å². The molecule has 0 atom stereocenters. The first-order valence-corrected chi connectivity index (χ1v) is 5.05. The van der Waals surface area contributed by atoms with Gasteiger partial charge in [0.05, 0.1) is 15.5 Å². The molecule has 60 valence electrons. The average Bonchev–Trinajstić information content (AvgIpc) is 1.80. The van der Waals surface area contributed by atoms with Gasteiger partial charge in [0.1, 0.15) is 0 Å². The third-order valence-corrected chi connectivity index (χ3v) is 3.45. The first kappa shape index (κ1) is 10.2. The minimum absolute atomic E-state index is 0.0487. The van der Waals surface area contributed by atoms with Gasteiger partial charge in [0.15, 0.2) is 0 Å². The van der Waals surface area contributed by atoms with Crippen molar-refractivity contribution >= 4 is 27.2 Å². The molecule has 0 aliphatic rings. The molecule has 0 unspecified atom stereocenters. The van der Waals surface area contributed by atoms with Crippen LogP contribution in [-0.2, 0) is 11.3 Å². The lowest BCUT2D eigenvalue weighted by molar-refractivity contribution is 0.609. The Labute approximate surface area is 70.7 Å². The van der Waals surface area contributed by atoms with E-state index in [-0.39, 0.29) is 5.41 Å². The molecule has 0 bridgehead atoms. The standard InChI is InChI=1S/C7H14OS2/c1-5-9-6(10-8)7(2,3)4/h5H2,1-4H3. The summed E-state index contributed by atoms with van der Waals surface area (Å²) in [4.78, 5) is 0. The van der Waals surface area contributed by atoms with Crippen LogP contribution in [0.25, 0.3) is 0 Å². The Bertz CT molecular complexity index is 151. The fourth-order valence-corrected chi connectivity index (χ4v) is 1.99. The van der Waals surface area contributed by atoms with Gasteiger partial charge in [-0.05, 0) is 5.75 Å². The summed E-state index contributed by atoms with van der Waals surface area (Å²) in [5, 5.41) is 0. The molecule has 0 aromatic heterocycles. The van der Waals surface area contributed by atoms with Crippen LogP contribution >= 0.6 is 11.8 Å². The zero-order valence-corrected chi connectivity index (χ0v) is 8.56. The van der Waals surface area contributed by atoms with Crippen LogP contribution in [0.2, 0.25) is 0 Å². The Morgan fingerprint density at radius 3 is 2.00 bits per heavy atom. The van der Waals surface area contributed by atoms with Crippen LogP contribution in [0.4, 0.5) is 0 Å². The van der Waals surface area contributed by atoms with E-state index >= 15 is 0 Å². The summed E-state index contributed by atoms with van der Waals surface area (Å²) >= 11 is 2.28. The molecule has 10 heavy (non-hydrogen) atoms. The third kappa shape index (κ3) is 3.42. The normalized spacial score (nSPS) is 11.2. The largest absolute Gasteiger partial charge is 0.212 e. The van der Waals surface area contributed by atoms with E-state index in [9.17, 15) is 4.21 Å². The highest BCUT2D eigenvalue weighted by Gasteiger charge is 2.17. The highest BCUT2D eigenvalue weighted by molar-refractivity contribution is 8.21. The summed E-state index contributed by atoms with van der Waals surface area (Å²) in [7, 11) is 0. The third-order valence-electron chi connectivity index (χ3n) is 0.963. The molecule has 0 saturated carbocycles. The van der Waals surface area contributed by atoms with Crippen molar-refractivity contribution in [1.82, 2.24) is 0 Å². The Balaban J connectivity index is 4.24. The van der Waals surface area contributed by atoms with Crippen molar-refractivity contribution in [3.63, 3.8) is 0 Å². The van der Waals surface area contributed by atoms with E-state index in [1.807, 2.05) is 0 Å². The molecule has 0 radical (unpaired) electrons. The second-order valence-corrected chi connectivity index (χ2v) is 5.16. The summed E-state index contributed by atoms with van der Waals surface area (Å²) in [6.07, 6.45) is 0. The van der Waals surface area contributed by atoms with Gasteiger partial charge >= 0.3 is 0 Å². The smallest absolute Gasteiger partial charge is 0.0995 e. The molecule has 0 fully saturated rings. The van der Waals surface area contributed by atoms with Gasteiger partial charge in [-0.25, -0.2) is 4.21 Å². The van der Waals surface area contributed by atoms with Gasteiger partial charge in [0.2, 0.25) is 0 Å². The Hall–Kier alpha value is 0.240. The molecule has 0 heterocycles. The molecule has 0 N–H and O–H groups in total. The molecule has 0 aliphatic carbocycles. The van der Waals surface area contributed by atoms with Crippen molar-refractivity contribution in [3.05, 3.63) is 0 Å². The fourth-order valence-electron chi connectivity index (χ4n) is 0.497. The number of hydrogen-bond acceptors (Lipinski definition) is 2. The van der Waals surface area contributed by atoms with E-state index in [1.165, 1.54) is 0 Å². The Morgan fingerprint density at radius 2 is 1.90 bits per heavy atom. The molecule has 0 amide bonds. The van der Waals surface area contributed by atoms with E-state index in [0.717, 1.165) is 9.95 Å². The number of hydrogen-bond donors (Lipinski definition) is 0.